The van der Waals surface area contributed by atoms with Gasteiger partial charge >= 0.3 is 12.1 Å². The Morgan fingerprint density at radius 1 is 1.10 bits per heavy atom. The van der Waals surface area contributed by atoms with Crippen LogP contribution in [0.3, 0.4) is 0 Å². The molecule has 2 aliphatic rings. The van der Waals surface area contributed by atoms with Crippen LogP contribution < -0.4 is 9.47 Å². The fourth-order valence-corrected chi connectivity index (χ4v) is 6.91. The second kappa shape index (κ2) is 14.3. The zero-order chi connectivity index (χ0) is 33.8. The molecule has 0 bridgehead atoms. The van der Waals surface area contributed by atoms with E-state index in [1.807, 2.05) is 58.2 Å². The number of hydrogen-bond donors (Lipinski definition) is 0. The number of hydrogen-bond acceptors (Lipinski definition) is 12. The van der Waals surface area contributed by atoms with Gasteiger partial charge < -0.3 is 23.8 Å². The molecule has 48 heavy (non-hydrogen) atoms. The normalized spacial score (nSPS) is 17.7. The zero-order valence-electron chi connectivity index (χ0n) is 27.9. The monoisotopic (exact) mass is 675 g/mol. The van der Waals surface area contributed by atoms with Gasteiger partial charge in [0.05, 0.1) is 23.4 Å². The Kier molecular flexibility index (Phi) is 9.92. The van der Waals surface area contributed by atoms with Gasteiger partial charge in [-0.3, -0.25) is 9.47 Å². The number of esters is 1. The van der Waals surface area contributed by atoms with Crippen molar-refractivity contribution >= 4 is 23.4 Å². The predicted octanol–water partition coefficient (Wildman–Crippen LogP) is 5.34. The van der Waals surface area contributed by atoms with Crippen LogP contribution in [0.15, 0.2) is 48.4 Å². The number of carbonyl (C=O) groups is 2. The van der Waals surface area contributed by atoms with Gasteiger partial charge in [-0.1, -0.05) is 6.07 Å². The van der Waals surface area contributed by atoms with Crippen molar-refractivity contribution in [3.8, 4) is 17.4 Å². The minimum absolute atomic E-state index is 0.0455. The smallest absolute Gasteiger partial charge is 0.410 e. The Labute approximate surface area is 283 Å². The molecule has 14 heteroatoms. The van der Waals surface area contributed by atoms with E-state index in [4.69, 9.17) is 28.9 Å². The van der Waals surface area contributed by atoms with Crippen LogP contribution in [0.4, 0.5) is 4.79 Å². The van der Waals surface area contributed by atoms with Crippen LogP contribution >= 0.6 is 11.3 Å². The quantitative estimate of drug-likeness (QED) is 0.202. The Hall–Kier alpha value is -4.56. The van der Waals surface area contributed by atoms with Crippen molar-refractivity contribution in [2.75, 3.05) is 39.5 Å². The molecule has 254 valence electrons. The Bertz CT molecular complexity index is 1740. The second-order valence-electron chi connectivity index (χ2n) is 12.8. The summed E-state index contributed by atoms with van der Waals surface area (Å²) in [6.45, 7) is 12.6. The van der Waals surface area contributed by atoms with Crippen LogP contribution in [-0.2, 0) is 16.0 Å². The van der Waals surface area contributed by atoms with Gasteiger partial charge in [0.1, 0.15) is 25.1 Å². The summed E-state index contributed by atoms with van der Waals surface area (Å²) in [5.41, 5.74) is 2.20. The SMILES string of the molecule is CCOC(=O)c1csc(C2CCN(CCN(Cc3ccc4c(c3)OCCO4)C(=O)OC(C)(C)C)C2c2cc(C)nc(-n3ccnc3)n2)n1. The highest BCUT2D eigenvalue weighted by molar-refractivity contribution is 7.09. The number of carbonyl (C=O) groups excluding carboxylic acids is 2. The van der Waals surface area contributed by atoms with Crippen LogP contribution in [0, 0.1) is 6.92 Å². The minimum Gasteiger partial charge on any atom is -0.486 e. The number of nitrogens with zero attached hydrogens (tertiary/aromatic N) is 7. The molecule has 3 aromatic heterocycles. The topological polar surface area (TPSA) is 134 Å². The number of aryl methyl sites for hydroxylation is 1. The third-order valence-corrected chi connectivity index (χ3v) is 8.99. The fraction of sp³-hybridized carbons (Fsp3) is 0.471. The van der Waals surface area contributed by atoms with Crippen molar-refractivity contribution < 1.29 is 28.5 Å². The number of benzene rings is 1. The Balaban J connectivity index is 1.29. The van der Waals surface area contributed by atoms with E-state index in [1.54, 1.807) is 34.3 Å². The summed E-state index contributed by atoms with van der Waals surface area (Å²) in [5.74, 6) is 1.41. The number of imidazole rings is 1. The van der Waals surface area contributed by atoms with Crippen molar-refractivity contribution in [2.24, 2.45) is 0 Å². The molecule has 2 aliphatic heterocycles. The lowest BCUT2D eigenvalue weighted by Gasteiger charge is -2.32. The predicted molar refractivity (Wildman–Crippen MR) is 178 cm³/mol. The van der Waals surface area contributed by atoms with Gasteiger partial charge in [-0.05, 0) is 71.3 Å². The maximum atomic E-state index is 13.6. The van der Waals surface area contributed by atoms with Gasteiger partial charge in [-0.2, -0.15) is 0 Å². The summed E-state index contributed by atoms with van der Waals surface area (Å²) in [7, 11) is 0. The van der Waals surface area contributed by atoms with E-state index in [2.05, 4.69) is 14.9 Å². The van der Waals surface area contributed by atoms with Crippen molar-refractivity contribution in [2.45, 2.75) is 65.1 Å². The third-order valence-electron chi connectivity index (χ3n) is 8.01. The van der Waals surface area contributed by atoms with E-state index in [-0.39, 0.29) is 18.6 Å². The molecule has 2 unspecified atom stereocenters. The van der Waals surface area contributed by atoms with Gasteiger partial charge in [0.25, 0.3) is 0 Å². The van der Waals surface area contributed by atoms with Gasteiger partial charge in [-0.25, -0.2) is 29.5 Å². The summed E-state index contributed by atoms with van der Waals surface area (Å²) >= 11 is 1.45. The Morgan fingerprint density at radius 2 is 1.92 bits per heavy atom. The first-order valence-electron chi connectivity index (χ1n) is 16.1. The van der Waals surface area contributed by atoms with Crippen LogP contribution in [0.5, 0.6) is 11.5 Å². The fourth-order valence-electron chi connectivity index (χ4n) is 5.95. The van der Waals surface area contributed by atoms with Crippen LogP contribution in [0.1, 0.15) is 78.5 Å². The molecule has 4 aromatic rings. The molecule has 1 amide bonds. The van der Waals surface area contributed by atoms with Crippen LogP contribution in [0.25, 0.3) is 5.95 Å². The largest absolute Gasteiger partial charge is 0.486 e. The number of ether oxygens (including phenoxy) is 4. The molecule has 2 atom stereocenters. The van der Waals surface area contributed by atoms with Crippen LogP contribution in [-0.4, -0.2) is 91.4 Å². The summed E-state index contributed by atoms with van der Waals surface area (Å²) in [4.78, 5) is 48.7. The Morgan fingerprint density at radius 3 is 2.67 bits per heavy atom. The molecule has 13 nitrogen and oxygen atoms in total. The van der Waals surface area contributed by atoms with E-state index in [0.717, 1.165) is 34.9 Å². The number of thiazole rings is 1. The first-order chi connectivity index (χ1) is 23.1. The van der Waals surface area contributed by atoms with E-state index in [0.29, 0.717) is 56.0 Å². The number of aromatic nitrogens is 5. The lowest BCUT2D eigenvalue weighted by atomic mass is 9.97. The van der Waals surface area contributed by atoms with Gasteiger partial charge in [0.2, 0.25) is 5.95 Å². The number of likely N-dealkylation sites (tertiary alicyclic amines) is 1. The second-order valence-corrected chi connectivity index (χ2v) is 13.6. The van der Waals surface area contributed by atoms with E-state index < -0.39 is 17.7 Å². The van der Waals surface area contributed by atoms with E-state index in [9.17, 15) is 9.59 Å². The third kappa shape index (κ3) is 7.76. The highest BCUT2D eigenvalue weighted by atomic mass is 32.1. The lowest BCUT2D eigenvalue weighted by Crippen LogP contribution is -2.41. The van der Waals surface area contributed by atoms with Gasteiger partial charge in [0, 0.05) is 49.0 Å². The van der Waals surface area contributed by atoms with Crippen molar-refractivity contribution in [1.29, 1.82) is 0 Å². The van der Waals surface area contributed by atoms with Gasteiger partial charge in [0.15, 0.2) is 17.2 Å². The number of amides is 1. The highest BCUT2D eigenvalue weighted by Crippen LogP contribution is 2.44. The highest BCUT2D eigenvalue weighted by Gasteiger charge is 2.40. The molecule has 1 aromatic carbocycles. The lowest BCUT2D eigenvalue weighted by molar-refractivity contribution is 0.0210. The molecular formula is C34H41N7O6S. The van der Waals surface area contributed by atoms with E-state index in [1.165, 1.54) is 11.3 Å². The average Bonchev–Trinajstić information content (AvgIpc) is 3.83. The summed E-state index contributed by atoms with van der Waals surface area (Å²) < 4.78 is 24.3. The molecule has 0 spiro atoms. The molecule has 0 aliphatic carbocycles. The van der Waals surface area contributed by atoms with Crippen molar-refractivity contribution in [3.63, 3.8) is 0 Å². The maximum absolute atomic E-state index is 13.6. The zero-order valence-corrected chi connectivity index (χ0v) is 28.7. The molecular weight excluding hydrogens is 634 g/mol. The van der Waals surface area contributed by atoms with Crippen molar-refractivity contribution in [1.82, 2.24) is 34.3 Å². The van der Waals surface area contributed by atoms with Crippen LogP contribution in [0.2, 0.25) is 0 Å². The average molecular weight is 676 g/mol. The van der Waals surface area contributed by atoms with E-state index >= 15 is 0 Å². The molecule has 5 heterocycles. The first-order valence-corrected chi connectivity index (χ1v) is 17.0. The minimum atomic E-state index is -0.660. The standard InChI is InChI=1S/C34H41N7O6S/c1-6-44-31(42)26-20-48-30(37-26)24-9-11-39(29(24)25-17-22(2)36-32(38-25)41-12-10-35-21-41)13-14-40(33(43)47-34(3,4)5)19-23-7-8-27-28(18-23)46-16-15-45-27/h7-8,10,12,17-18,20-21,24,29H,6,9,11,13-16,19H2,1-5H3. The summed E-state index contributed by atoms with van der Waals surface area (Å²) in [6, 6.07) is 7.56. The molecule has 1 saturated heterocycles. The molecule has 1 fully saturated rings. The first kappa shape index (κ1) is 33.3. The summed E-state index contributed by atoms with van der Waals surface area (Å²) in [6.07, 6.45) is 5.56. The van der Waals surface area contributed by atoms with Crippen molar-refractivity contribution in [3.05, 3.63) is 76.0 Å². The molecule has 0 N–H and O–H groups in total. The van der Waals surface area contributed by atoms with Gasteiger partial charge in [-0.15, -0.1) is 11.3 Å². The number of fused-ring (bicyclic) bond motifs is 1. The maximum Gasteiger partial charge on any atom is 0.410 e. The summed E-state index contributed by atoms with van der Waals surface area (Å²) in [5, 5.41) is 2.60. The molecule has 6 rings (SSSR count). The number of rotatable bonds is 10. The molecule has 0 radical (unpaired) electrons. The molecule has 0 saturated carbocycles.